The zero-order chi connectivity index (χ0) is 22.6. The number of nitrogens with two attached hydrogens (primary N) is 1. The molecule has 1 saturated carbocycles. The van der Waals surface area contributed by atoms with Gasteiger partial charge in [0.2, 0.25) is 5.91 Å². The number of nitrogens with zero attached hydrogens (tertiary/aromatic N) is 3. The van der Waals surface area contributed by atoms with Crippen LogP contribution in [-0.2, 0) is 11.8 Å². The highest BCUT2D eigenvalue weighted by molar-refractivity contribution is 6.00. The lowest BCUT2D eigenvalue weighted by Crippen LogP contribution is -2.16. The van der Waals surface area contributed by atoms with E-state index in [1.807, 2.05) is 50.6 Å². The van der Waals surface area contributed by atoms with Crippen LogP contribution in [0.1, 0.15) is 24.0 Å². The normalized spacial score (nSPS) is 19.8. The molecule has 3 atom stereocenters. The molecule has 3 N–H and O–H groups in total. The number of carbonyl (C=O) groups excluding carboxylic acids is 1. The minimum atomic E-state index is -0.462. The number of amides is 1. The molecule has 1 amide bonds. The van der Waals surface area contributed by atoms with Crippen molar-refractivity contribution < 1.29 is 9.18 Å². The summed E-state index contributed by atoms with van der Waals surface area (Å²) in [6.45, 7) is 4.00. The van der Waals surface area contributed by atoms with Crippen LogP contribution in [-0.4, -0.2) is 20.7 Å². The lowest BCUT2D eigenvalue weighted by Gasteiger charge is -2.13. The van der Waals surface area contributed by atoms with Gasteiger partial charge in [-0.25, -0.2) is 9.37 Å². The first kappa shape index (κ1) is 20.2. The van der Waals surface area contributed by atoms with Gasteiger partial charge in [0.15, 0.2) is 5.82 Å². The Kier molecular flexibility index (Phi) is 4.69. The number of hydrogen-bond donors (Lipinski definition) is 2. The number of nitrogens with one attached hydrogen (secondary N) is 1. The van der Waals surface area contributed by atoms with Gasteiger partial charge in [-0.2, -0.15) is 5.10 Å². The second-order valence-corrected chi connectivity index (χ2v) is 8.60. The van der Waals surface area contributed by atoms with Crippen LogP contribution in [0.4, 0.5) is 15.9 Å². The van der Waals surface area contributed by atoms with Gasteiger partial charge in [0.05, 0.1) is 11.9 Å². The van der Waals surface area contributed by atoms with Gasteiger partial charge in [-0.1, -0.05) is 31.2 Å². The van der Waals surface area contributed by atoms with E-state index in [9.17, 15) is 4.79 Å². The minimum absolute atomic E-state index is 0.0542. The SMILES string of the molecule is Cc1ccccc1-c1cc2cc(NC(=O)[C@H]3[C@H](C)[C@@H]3c3cnn(C)c3)ncc2c(N)c1F. The van der Waals surface area contributed by atoms with E-state index in [0.717, 1.165) is 22.1 Å². The van der Waals surface area contributed by atoms with Crippen molar-refractivity contribution in [1.29, 1.82) is 0 Å². The van der Waals surface area contributed by atoms with Crippen molar-refractivity contribution in [3.8, 4) is 11.1 Å². The summed E-state index contributed by atoms with van der Waals surface area (Å²) in [5, 5.41) is 8.38. The molecule has 32 heavy (non-hydrogen) atoms. The van der Waals surface area contributed by atoms with Crippen LogP contribution < -0.4 is 11.1 Å². The van der Waals surface area contributed by atoms with Crippen LogP contribution in [0.3, 0.4) is 0 Å². The maximum atomic E-state index is 15.0. The molecule has 6 nitrogen and oxygen atoms in total. The molecule has 7 heteroatoms. The third-order valence-corrected chi connectivity index (χ3v) is 6.48. The average molecular weight is 429 g/mol. The predicted octanol–water partition coefficient (Wildman–Crippen LogP) is 4.65. The predicted molar refractivity (Wildman–Crippen MR) is 124 cm³/mol. The molecule has 0 unspecified atom stereocenters. The molecular formula is C25H24FN5O. The molecule has 1 aliphatic carbocycles. The summed E-state index contributed by atoms with van der Waals surface area (Å²) >= 11 is 0. The number of nitrogen functional groups attached to an aromatic ring is 1. The van der Waals surface area contributed by atoms with E-state index >= 15 is 4.39 Å². The van der Waals surface area contributed by atoms with E-state index in [-0.39, 0.29) is 29.3 Å². The highest BCUT2D eigenvalue weighted by Gasteiger charge is 2.52. The third kappa shape index (κ3) is 3.30. The van der Waals surface area contributed by atoms with Gasteiger partial charge in [-0.15, -0.1) is 0 Å². The zero-order valence-electron chi connectivity index (χ0n) is 18.1. The molecular weight excluding hydrogens is 405 g/mol. The van der Waals surface area contributed by atoms with Crippen LogP contribution in [0, 0.1) is 24.6 Å². The second-order valence-electron chi connectivity index (χ2n) is 8.60. The maximum absolute atomic E-state index is 15.0. The number of hydrogen-bond acceptors (Lipinski definition) is 4. The van der Waals surface area contributed by atoms with E-state index in [2.05, 4.69) is 22.3 Å². The minimum Gasteiger partial charge on any atom is -0.396 e. The maximum Gasteiger partial charge on any atom is 0.229 e. The summed E-state index contributed by atoms with van der Waals surface area (Å²) in [4.78, 5) is 17.2. The van der Waals surface area contributed by atoms with E-state index in [4.69, 9.17) is 5.73 Å². The molecule has 0 bridgehead atoms. The van der Waals surface area contributed by atoms with Crippen LogP contribution in [0.2, 0.25) is 0 Å². The summed E-state index contributed by atoms with van der Waals surface area (Å²) in [6.07, 6.45) is 5.28. The van der Waals surface area contributed by atoms with Crippen LogP contribution >= 0.6 is 0 Å². The van der Waals surface area contributed by atoms with E-state index in [1.54, 1.807) is 16.8 Å². The number of benzene rings is 2. The first-order valence-electron chi connectivity index (χ1n) is 10.6. The van der Waals surface area contributed by atoms with Gasteiger partial charge in [0.25, 0.3) is 0 Å². The summed E-state index contributed by atoms with van der Waals surface area (Å²) in [7, 11) is 1.87. The Labute approximate surface area is 185 Å². The van der Waals surface area contributed by atoms with Crippen molar-refractivity contribution in [2.45, 2.75) is 19.8 Å². The first-order chi connectivity index (χ1) is 15.3. The van der Waals surface area contributed by atoms with Gasteiger partial charge < -0.3 is 11.1 Å². The number of pyridine rings is 1. The number of aromatic nitrogens is 3. The molecule has 2 aromatic heterocycles. The molecule has 1 aliphatic rings. The van der Waals surface area contributed by atoms with Crippen LogP contribution in [0.5, 0.6) is 0 Å². The fraction of sp³-hybridized carbons (Fsp3) is 0.240. The molecule has 2 aromatic carbocycles. The summed E-state index contributed by atoms with van der Waals surface area (Å²) in [5.74, 6) is 0.147. The van der Waals surface area contributed by atoms with Crippen molar-refractivity contribution in [3.05, 3.63) is 71.9 Å². The molecule has 162 valence electrons. The highest BCUT2D eigenvalue weighted by Crippen LogP contribution is 2.54. The lowest BCUT2D eigenvalue weighted by atomic mass is 9.96. The molecule has 0 aliphatic heterocycles. The van der Waals surface area contributed by atoms with Gasteiger partial charge in [0, 0.05) is 42.2 Å². The van der Waals surface area contributed by atoms with Crippen molar-refractivity contribution in [1.82, 2.24) is 14.8 Å². The largest absolute Gasteiger partial charge is 0.396 e. The fourth-order valence-electron chi connectivity index (χ4n) is 4.63. The lowest BCUT2D eigenvalue weighted by molar-refractivity contribution is -0.117. The molecule has 0 spiro atoms. The highest BCUT2D eigenvalue weighted by atomic mass is 19.1. The van der Waals surface area contributed by atoms with Gasteiger partial charge in [-0.3, -0.25) is 9.48 Å². The molecule has 1 fully saturated rings. The monoisotopic (exact) mass is 429 g/mol. The van der Waals surface area contributed by atoms with Crippen molar-refractivity contribution in [2.75, 3.05) is 11.1 Å². The summed E-state index contributed by atoms with van der Waals surface area (Å²) < 4.78 is 16.8. The number of rotatable bonds is 4. The molecule has 0 radical (unpaired) electrons. The van der Waals surface area contributed by atoms with Crippen LogP contribution in [0.25, 0.3) is 21.9 Å². The van der Waals surface area contributed by atoms with Crippen molar-refractivity contribution >= 4 is 28.2 Å². The Bertz CT molecular complexity index is 1360. The first-order valence-corrected chi connectivity index (χ1v) is 10.6. The number of carbonyl (C=O) groups is 1. The topological polar surface area (TPSA) is 85.8 Å². The zero-order valence-corrected chi connectivity index (χ0v) is 18.1. The number of halogens is 1. The molecule has 0 saturated heterocycles. The summed E-state index contributed by atoms with van der Waals surface area (Å²) in [5.41, 5.74) is 9.40. The van der Waals surface area contributed by atoms with E-state index in [0.29, 0.717) is 16.8 Å². The Morgan fingerprint density at radius 3 is 2.69 bits per heavy atom. The van der Waals surface area contributed by atoms with Gasteiger partial charge in [-0.05, 0) is 47.1 Å². The quantitative estimate of drug-likeness (QED) is 0.462. The molecule has 2 heterocycles. The Morgan fingerprint density at radius 2 is 1.97 bits per heavy atom. The molecule has 5 rings (SSSR count). The number of aryl methyl sites for hydroxylation is 2. The molecule has 4 aromatic rings. The van der Waals surface area contributed by atoms with Gasteiger partial charge >= 0.3 is 0 Å². The average Bonchev–Trinajstić information content (AvgIpc) is 3.25. The Morgan fingerprint density at radius 1 is 1.19 bits per heavy atom. The fourth-order valence-corrected chi connectivity index (χ4v) is 4.63. The van der Waals surface area contributed by atoms with Crippen LogP contribution in [0.15, 0.2) is 55.0 Å². The van der Waals surface area contributed by atoms with Gasteiger partial charge in [0.1, 0.15) is 5.82 Å². The third-order valence-electron chi connectivity index (χ3n) is 6.48. The van der Waals surface area contributed by atoms with E-state index in [1.165, 1.54) is 6.20 Å². The van der Waals surface area contributed by atoms with E-state index < -0.39 is 5.82 Å². The number of fused-ring (bicyclic) bond motifs is 1. The summed E-state index contributed by atoms with van der Waals surface area (Å²) in [6, 6.07) is 11.1. The second kappa shape index (κ2) is 7.44. The number of anilines is 2. The standard InChI is InChI=1S/C25H24FN5O/c1-13-6-4-5-7-17(13)18-8-15-9-20(28-11-19(15)24(27)23(18)26)30-25(32)22-14(2)21(22)16-10-29-31(3)12-16/h4-12,14,21-22H,27H2,1-3H3,(H,28,30,32)/t14-,21-,22+/m1/s1. The Hall–Kier alpha value is -3.74. The Balaban J connectivity index is 1.45. The smallest absolute Gasteiger partial charge is 0.229 e. The van der Waals surface area contributed by atoms with Crippen molar-refractivity contribution in [3.63, 3.8) is 0 Å². The van der Waals surface area contributed by atoms with Crippen molar-refractivity contribution in [2.24, 2.45) is 18.9 Å².